The number of likely N-dealkylation sites (tertiary alicyclic amines) is 1. The minimum Gasteiger partial charge on any atom is -0.298 e. The Balaban J connectivity index is 1.47. The van der Waals surface area contributed by atoms with Crippen molar-refractivity contribution >= 4 is 11.0 Å². The zero-order chi connectivity index (χ0) is 16.1. The maximum Gasteiger partial charge on any atom is 0.0889 e. The molecule has 1 saturated heterocycles. The van der Waals surface area contributed by atoms with Crippen LogP contribution in [0.3, 0.4) is 0 Å². The molecule has 2 heterocycles. The van der Waals surface area contributed by atoms with Crippen LogP contribution in [0, 0.1) is 0 Å². The molecule has 0 unspecified atom stereocenters. The average molecular weight is 302 g/mol. The largest absolute Gasteiger partial charge is 0.298 e. The average Bonchev–Trinajstić information content (AvgIpc) is 2.84. The van der Waals surface area contributed by atoms with Crippen molar-refractivity contribution in [2.24, 2.45) is 0 Å². The minimum absolute atomic E-state index is 0.245. The van der Waals surface area contributed by atoms with E-state index in [0.29, 0.717) is 11.8 Å². The van der Waals surface area contributed by atoms with E-state index < -0.39 is 0 Å². The fraction of sp³-hybridized carbons (Fsp3) is 0.300. The quantitative estimate of drug-likeness (QED) is 0.722. The van der Waals surface area contributed by atoms with E-state index in [0.717, 1.165) is 30.7 Å². The molecule has 0 spiro atoms. The smallest absolute Gasteiger partial charge is 0.0889 e. The number of rotatable bonds is 2. The van der Waals surface area contributed by atoms with E-state index in [1.807, 2.05) is 0 Å². The molecule has 0 radical (unpaired) electrons. The van der Waals surface area contributed by atoms with Crippen molar-refractivity contribution in [1.29, 1.82) is 0 Å². The lowest BCUT2D eigenvalue weighted by Gasteiger charge is -2.32. The summed E-state index contributed by atoms with van der Waals surface area (Å²) >= 11 is 0. The van der Waals surface area contributed by atoms with E-state index in [-0.39, 0.29) is 6.17 Å². The highest BCUT2D eigenvalue weighted by molar-refractivity contribution is 5.77. The minimum atomic E-state index is 0.245. The van der Waals surface area contributed by atoms with Crippen LogP contribution in [0.25, 0.3) is 11.0 Å². The lowest BCUT2D eigenvalue weighted by molar-refractivity contribution is 0.195. The maximum absolute atomic E-state index is 7.70. The van der Waals surface area contributed by atoms with Crippen LogP contribution in [0.2, 0.25) is 0 Å². The van der Waals surface area contributed by atoms with Gasteiger partial charge in [0.15, 0.2) is 0 Å². The van der Waals surface area contributed by atoms with Crippen LogP contribution in [-0.2, 0) is 6.54 Å². The molecule has 2 atom stereocenters. The van der Waals surface area contributed by atoms with Gasteiger partial charge in [0.05, 0.1) is 12.4 Å². The molecule has 1 aliphatic carbocycles. The molecule has 3 heteroatoms. The van der Waals surface area contributed by atoms with Gasteiger partial charge in [0, 0.05) is 32.0 Å². The summed E-state index contributed by atoms with van der Waals surface area (Å²) in [4.78, 5) is 11.3. The predicted octanol–water partition coefficient (Wildman–Crippen LogP) is 3.72. The molecule has 0 N–H and O–H groups in total. The lowest BCUT2D eigenvalue weighted by Crippen LogP contribution is -2.34. The van der Waals surface area contributed by atoms with Gasteiger partial charge in [-0.25, -0.2) is 0 Å². The summed E-state index contributed by atoms with van der Waals surface area (Å²) in [6.07, 6.45) is 3.02. The van der Waals surface area contributed by atoms with E-state index in [2.05, 4.69) is 57.3 Å². The predicted molar refractivity (Wildman–Crippen MR) is 91.4 cm³/mol. The van der Waals surface area contributed by atoms with Gasteiger partial charge in [0.1, 0.15) is 0 Å². The van der Waals surface area contributed by atoms with Gasteiger partial charge in [0.25, 0.3) is 0 Å². The molecule has 3 aromatic rings. The van der Waals surface area contributed by atoms with Gasteiger partial charge in [-0.3, -0.25) is 14.9 Å². The van der Waals surface area contributed by atoms with Crippen LogP contribution in [0.1, 0.15) is 36.3 Å². The van der Waals surface area contributed by atoms with Crippen molar-refractivity contribution in [3.63, 3.8) is 0 Å². The third kappa shape index (κ3) is 2.23. The van der Waals surface area contributed by atoms with Gasteiger partial charge in [0.2, 0.25) is 0 Å². The summed E-state index contributed by atoms with van der Waals surface area (Å²) < 4.78 is 7.70. The first-order valence-corrected chi connectivity index (χ1v) is 8.30. The zero-order valence-electron chi connectivity index (χ0n) is 13.9. The fourth-order valence-corrected chi connectivity index (χ4v) is 4.32. The SMILES string of the molecule is [2H]c1cnc2cc3c(cc2n1)[C@H]1C[C@@H]3CN(Cc2ccccc2)C1. The first-order valence-electron chi connectivity index (χ1n) is 8.80. The Labute approximate surface area is 137 Å². The van der Waals surface area contributed by atoms with E-state index >= 15 is 0 Å². The Morgan fingerprint density at radius 1 is 1.00 bits per heavy atom. The summed E-state index contributed by atoms with van der Waals surface area (Å²) in [5.41, 5.74) is 6.06. The topological polar surface area (TPSA) is 29.0 Å². The molecule has 1 aliphatic heterocycles. The van der Waals surface area contributed by atoms with Gasteiger partial charge < -0.3 is 0 Å². The third-order valence-corrected chi connectivity index (χ3v) is 5.28. The molecular weight excluding hydrogens is 282 g/mol. The number of aromatic nitrogens is 2. The van der Waals surface area contributed by atoms with Crippen molar-refractivity contribution in [1.82, 2.24) is 14.9 Å². The maximum atomic E-state index is 7.70. The van der Waals surface area contributed by atoms with Crippen LogP contribution < -0.4 is 0 Å². The molecule has 1 fully saturated rings. The van der Waals surface area contributed by atoms with E-state index in [1.165, 1.54) is 29.3 Å². The Hall–Kier alpha value is -2.26. The monoisotopic (exact) mass is 302 g/mol. The molecule has 114 valence electrons. The lowest BCUT2D eigenvalue weighted by atomic mass is 9.95. The molecular formula is C20H19N3. The van der Waals surface area contributed by atoms with Crippen LogP contribution in [0.5, 0.6) is 0 Å². The zero-order valence-corrected chi connectivity index (χ0v) is 12.9. The number of hydrogen-bond donors (Lipinski definition) is 0. The summed E-state index contributed by atoms with van der Waals surface area (Å²) in [5, 5.41) is 0. The van der Waals surface area contributed by atoms with Crippen LogP contribution in [-0.4, -0.2) is 28.0 Å². The molecule has 0 amide bonds. The van der Waals surface area contributed by atoms with Gasteiger partial charge in [-0.2, -0.15) is 0 Å². The van der Waals surface area contributed by atoms with E-state index in [1.54, 1.807) is 0 Å². The van der Waals surface area contributed by atoms with Gasteiger partial charge >= 0.3 is 0 Å². The van der Waals surface area contributed by atoms with Gasteiger partial charge in [-0.05, 0) is 47.1 Å². The third-order valence-electron chi connectivity index (χ3n) is 5.28. The van der Waals surface area contributed by atoms with Crippen LogP contribution >= 0.6 is 0 Å². The highest BCUT2D eigenvalue weighted by Gasteiger charge is 2.37. The second-order valence-electron chi connectivity index (χ2n) is 6.78. The summed E-state index contributed by atoms with van der Waals surface area (Å²) in [5.74, 6) is 1.19. The standard InChI is InChI=1S/C20H19N3/c1-2-4-14(5-3-1)11-23-12-15-8-16(13-23)18-10-20-19(9-17(15)18)21-6-7-22-20/h1-7,9-10,15-16H,8,11-13H2/t15-,16+/i6D/m0/s1. The molecule has 1 aromatic heterocycles. The highest BCUT2D eigenvalue weighted by atomic mass is 15.1. The Morgan fingerprint density at radius 3 is 2.43 bits per heavy atom. The molecule has 3 nitrogen and oxygen atoms in total. The number of nitrogens with zero attached hydrogens (tertiary/aromatic N) is 3. The number of piperidine rings is 1. The molecule has 0 saturated carbocycles. The van der Waals surface area contributed by atoms with Crippen molar-refractivity contribution in [2.45, 2.75) is 24.8 Å². The summed E-state index contributed by atoms with van der Waals surface area (Å²) in [6, 6.07) is 15.1. The summed E-state index contributed by atoms with van der Waals surface area (Å²) in [6.45, 7) is 3.25. The Bertz CT molecular complexity index is 909. The Morgan fingerprint density at radius 2 is 1.70 bits per heavy atom. The molecule has 2 aliphatic rings. The molecule has 5 rings (SSSR count). The second-order valence-corrected chi connectivity index (χ2v) is 6.78. The van der Waals surface area contributed by atoms with Crippen molar-refractivity contribution < 1.29 is 1.37 Å². The fourth-order valence-electron chi connectivity index (χ4n) is 4.32. The van der Waals surface area contributed by atoms with E-state index in [9.17, 15) is 0 Å². The first kappa shape index (κ1) is 12.2. The van der Waals surface area contributed by atoms with E-state index in [4.69, 9.17) is 1.37 Å². The number of fused-ring (bicyclic) bond motifs is 6. The molecule has 2 bridgehead atoms. The van der Waals surface area contributed by atoms with Crippen molar-refractivity contribution in [3.05, 3.63) is 71.5 Å². The van der Waals surface area contributed by atoms with Crippen molar-refractivity contribution in [2.75, 3.05) is 13.1 Å². The summed E-state index contributed by atoms with van der Waals surface area (Å²) in [7, 11) is 0. The second kappa shape index (κ2) is 5.14. The highest BCUT2D eigenvalue weighted by Crippen LogP contribution is 2.47. The first-order chi connectivity index (χ1) is 11.8. The van der Waals surface area contributed by atoms with Crippen LogP contribution in [0.4, 0.5) is 0 Å². The van der Waals surface area contributed by atoms with Crippen molar-refractivity contribution in [3.8, 4) is 0 Å². The van der Waals surface area contributed by atoms with Crippen LogP contribution in [0.15, 0.2) is 54.8 Å². The molecule has 23 heavy (non-hydrogen) atoms. The molecule has 2 aromatic carbocycles. The van der Waals surface area contributed by atoms with Gasteiger partial charge in [-0.15, -0.1) is 0 Å². The normalized spacial score (nSPS) is 23.7. The number of benzene rings is 2. The number of hydrogen-bond acceptors (Lipinski definition) is 3. The Kier molecular flexibility index (Phi) is 2.72. The van der Waals surface area contributed by atoms with Gasteiger partial charge in [-0.1, -0.05) is 30.3 Å².